The molecule has 1 N–H and O–H groups in total. The van der Waals surface area contributed by atoms with Gasteiger partial charge in [0.05, 0.1) is 12.2 Å². The highest BCUT2D eigenvalue weighted by molar-refractivity contribution is 5.34. The fourth-order valence-corrected chi connectivity index (χ4v) is 3.14. The van der Waals surface area contributed by atoms with Gasteiger partial charge in [0, 0.05) is 42.8 Å². The van der Waals surface area contributed by atoms with Gasteiger partial charge in [0.1, 0.15) is 11.6 Å². The number of rotatable bonds is 3. The molecule has 110 valence electrons. The number of benzene rings is 1. The minimum absolute atomic E-state index is 0.434. The van der Waals surface area contributed by atoms with Gasteiger partial charge in [0.2, 0.25) is 0 Å². The van der Waals surface area contributed by atoms with Crippen LogP contribution in [0.3, 0.4) is 0 Å². The van der Waals surface area contributed by atoms with Crippen LogP contribution in [-0.2, 0) is 19.5 Å². The maximum atomic E-state index is 13.3. The molecule has 0 spiro atoms. The van der Waals surface area contributed by atoms with Gasteiger partial charge < -0.3 is 5.32 Å². The van der Waals surface area contributed by atoms with Crippen LogP contribution < -0.4 is 5.32 Å². The highest BCUT2D eigenvalue weighted by atomic mass is 19.1. The Morgan fingerprint density at radius 1 is 1.19 bits per heavy atom. The normalized spacial score (nSPS) is 17.8. The second-order valence-electron chi connectivity index (χ2n) is 5.95. The molecule has 0 unspecified atom stereocenters. The second kappa shape index (κ2) is 4.91. The first-order valence-electron chi connectivity index (χ1n) is 7.45. The van der Waals surface area contributed by atoms with Gasteiger partial charge in [-0.3, -0.25) is 4.68 Å². The Kier molecular flexibility index (Phi) is 3.03. The molecule has 0 radical (unpaired) electrons. The molecule has 0 saturated heterocycles. The van der Waals surface area contributed by atoms with E-state index in [-0.39, 0.29) is 0 Å². The lowest BCUT2D eigenvalue weighted by atomic mass is 10.0. The van der Waals surface area contributed by atoms with E-state index in [1.807, 2.05) is 4.68 Å². The molecule has 1 aliphatic carbocycles. The first kappa shape index (κ1) is 13.0. The maximum Gasteiger partial charge on any atom is 0.126 e. The van der Waals surface area contributed by atoms with Gasteiger partial charge in [-0.1, -0.05) is 0 Å². The summed E-state index contributed by atoms with van der Waals surface area (Å²) in [6, 6.07) is 3.67. The van der Waals surface area contributed by atoms with Crippen molar-refractivity contribution in [3.05, 3.63) is 52.3 Å². The quantitative estimate of drug-likeness (QED) is 0.941. The number of nitrogens with one attached hydrogen (secondary N) is 1. The molecular weight excluding hydrogens is 272 g/mol. The molecule has 2 aromatic rings. The molecule has 0 bridgehead atoms. The SMILES string of the molecule is Fc1cc(F)cc(Cn2nc(C3CC3)c3c2CCNC3)c1. The number of fused-ring (bicyclic) bond motifs is 1. The highest BCUT2D eigenvalue weighted by Gasteiger charge is 2.32. The van der Waals surface area contributed by atoms with E-state index in [4.69, 9.17) is 5.10 Å². The Hall–Kier alpha value is -1.75. The lowest BCUT2D eigenvalue weighted by Crippen LogP contribution is -2.25. The average molecular weight is 289 g/mol. The lowest BCUT2D eigenvalue weighted by molar-refractivity contribution is 0.562. The Balaban J connectivity index is 1.71. The van der Waals surface area contributed by atoms with Crippen molar-refractivity contribution < 1.29 is 8.78 Å². The van der Waals surface area contributed by atoms with Crippen LogP contribution in [0.15, 0.2) is 18.2 Å². The van der Waals surface area contributed by atoms with E-state index < -0.39 is 11.6 Å². The van der Waals surface area contributed by atoms with E-state index in [9.17, 15) is 8.78 Å². The van der Waals surface area contributed by atoms with Gasteiger partial charge in [-0.15, -0.1) is 0 Å². The topological polar surface area (TPSA) is 29.9 Å². The maximum absolute atomic E-state index is 13.3. The zero-order chi connectivity index (χ0) is 14.4. The van der Waals surface area contributed by atoms with Gasteiger partial charge in [0.15, 0.2) is 0 Å². The molecule has 1 saturated carbocycles. The van der Waals surface area contributed by atoms with Gasteiger partial charge >= 0.3 is 0 Å². The number of hydrogen-bond acceptors (Lipinski definition) is 2. The molecule has 2 heterocycles. The van der Waals surface area contributed by atoms with Crippen LogP contribution in [0.5, 0.6) is 0 Å². The predicted octanol–water partition coefficient (Wildman–Crippen LogP) is 2.73. The van der Waals surface area contributed by atoms with Crippen molar-refractivity contribution in [2.45, 2.75) is 38.3 Å². The number of nitrogens with zero attached hydrogens (tertiary/aromatic N) is 2. The molecule has 2 aliphatic rings. The Morgan fingerprint density at radius 3 is 2.67 bits per heavy atom. The Labute approximate surface area is 122 Å². The van der Waals surface area contributed by atoms with Crippen molar-refractivity contribution in [2.24, 2.45) is 0 Å². The third-order valence-corrected chi connectivity index (χ3v) is 4.26. The molecule has 21 heavy (non-hydrogen) atoms. The fourth-order valence-electron chi connectivity index (χ4n) is 3.14. The average Bonchev–Trinajstić information content (AvgIpc) is 3.22. The van der Waals surface area contributed by atoms with Crippen LogP contribution in [0.1, 0.15) is 41.3 Å². The molecule has 0 atom stereocenters. The van der Waals surface area contributed by atoms with Crippen LogP contribution in [0, 0.1) is 11.6 Å². The zero-order valence-electron chi connectivity index (χ0n) is 11.7. The Bertz CT molecular complexity index is 669. The minimum Gasteiger partial charge on any atom is -0.312 e. The van der Waals surface area contributed by atoms with E-state index in [0.29, 0.717) is 18.0 Å². The van der Waals surface area contributed by atoms with Crippen molar-refractivity contribution in [3.8, 4) is 0 Å². The van der Waals surface area contributed by atoms with Crippen molar-refractivity contribution in [2.75, 3.05) is 6.54 Å². The van der Waals surface area contributed by atoms with Gasteiger partial charge in [-0.05, 0) is 30.5 Å². The summed E-state index contributed by atoms with van der Waals surface area (Å²) in [5.74, 6) is -0.477. The van der Waals surface area contributed by atoms with E-state index in [2.05, 4.69) is 5.32 Å². The number of halogens is 2. The van der Waals surface area contributed by atoms with Crippen LogP contribution in [0.4, 0.5) is 8.78 Å². The predicted molar refractivity (Wildman–Crippen MR) is 75.1 cm³/mol. The summed E-state index contributed by atoms with van der Waals surface area (Å²) in [7, 11) is 0. The number of aromatic nitrogens is 2. The molecular formula is C16H17F2N3. The monoisotopic (exact) mass is 289 g/mol. The summed E-state index contributed by atoms with van der Waals surface area (Å²) >= 11 is 0. The Morgan fingerprint density at radius 2 is 1.95 bits per heavy atom. The van der Waals surface area contributed by atoms with Crippen molar-refractivity contribution in [3.63, 3.8) is 0 Å². The highest BCUT2D eigenvalue weighted by Crippen LogP contribution is 2.42. The molecule has 5 heteroatoms. The van der Waals surface area contributed by atoms with E-state index >= 15 is 0 Å². The van der Waals surface area contributed by atoms with E-state index in [0.717, 1.165) is 25.6 Å². The number of hydrogen-bond donors (Lipinski definition) is 1. The van der Waals surface area contributed by atoms with Crippen molar-refractivity contribution in [1.29, 1.82) is 0 Å². The van der Waals surface area contributed by atoms with Crippen LogP contribution in [0.25, 0.3) is 0 Å². The summed E-state index contributed by atoms with van der Waals surface area (Å²) < 4.78 is 28.6. The summed E-state index contributed by atoms with van der Waals surface area (Å²) in [6.07, 6.45) is 3.34. The molecule has 1 fully saturated rings. The summed E-state index contributed by atoms with van der Waals surface area (Å²) in [5.41, 5.74) is 4.34. The van der Waals surface area contributed by atoms with Crippen LogP contribution in [-0.4, -0.2) is 16.3 Å². The zero-order valence-corrected chi connectivity index (χ0v) is 11.7. The minimum atomic E-state index is -0.532. The molecule has 3 nitrogen and oxygen atoms in total. The molecule has 1 aliphatic heterocycles. The third kappa shape index (κ3) is 2.46. The van der Waals surface area contributed by atoms with Gasteiger partial charge in [-0.25, -0.2) is 8.78 Å². The van der Waals surface area contributed by atoms with Crippen molar-refractivity contribution >= 4 is 0 Å². The first-order chi connectivity index (χ1) is 10.2. The standard InChI is InChI=1S/C16H17F2N3/c17-12-5-10(6-13(18)7-12)9-21-15-3-4-19-8-14(15)16(20-21)11-1-2-11/h5-7,11,19H,1-4,8-9H2. The van der Waals surface area contributed by atoms with E-state index in [1.54, 1.807) is 0 Å². The smallest absolute Gasteiger partial charge is 0.126 e. The lowest BCUT2D eigenvalue weighted by Gasteiger charge is -2.15. The summed E-state index contributed by atoms with van der Waals surface area (Å²) in [6.45, 7) is 2.22. The molecule has 1 aromatic heterocycles. The summed E-state index contributed by atoms with van der Waals surface area (Å²) in [5, 5.41) is 8.13. The van der Waals surface area contributed by atoms with Crippen molar-refractivity contribution in [1.82, 2.24) is 15.1 Å². The molecule has 1 aromatic carbocycles. The van der Waals surface area contributed by atoms with E-state index in [1.165, 1.54) is 41.9 Å². The van der Waals surface area contributed by atoms with Gasteiger partial charge in [0.25, 0.3) is 0 Å². The summed E-state index contributed by atoms with van der Waals surface area (Å²) in [4.78, 5) is 0. The molecule has 4 rings (SSSR count). The molecule has 0 amide bonds. The van der Waals surface area contributed by atoms with Crippen LogP contribution in [0.2, 0.25) is 0 Å². The second-order valence-corrected chi connectivity index (χ2v) is 5.95. The largest absolute Gasteiger partial charge is 0.312 e. The first-order valence-corrected chi connectivity index (χ1v) is 7.45. The van der Waals surface area contributed by atoms with Crippen LogP contribution >= 0.6 is 0 Å². The van der Waals surface area contributed by atoms with Gasteiger partial charge in [-0.2, -0.15) is 5.10 Å². The third-order valence-electron chi connectivity index (χ3n) is 4.26. The fraction of sp³-hybridized carbons (Fsp3) is 0.438.